The molecule has 0 unspecified atom stereocenters. The third kappa shape index (κ3) is 6.12. The maximum Gasteiger partial charge on any atom is 0.349 e. The molecule has 0 fully saturated rings. The molecule has 0 aliphatic heterocycles. The number of nitrogens with zero attached hydrogens (tertiary/aromatic N) is 2. The lowest BCUT2D eigenvalue weighted by molar-refractivity contribution is -0.118. The topological polar surface area (TPSA) is 115 Å². The molecule has 4 aromatic rings. The van der Waals surface area contributed by atoms with Crippen LogP contribution in [0.15, 0.2) is 78.2 Å². The number of amides is 1. The van der Waals surface area contributed by atoms with E-state index in [2.05, 4.69) is 47.3 Å². The zero-order valence-corrected chi connectivity index (χ0v) is 23.2. The molecule has 4 rings (SSSR count). The van der Waals surface area contributed by atoms with Crippen molar-refractivity contribution >= 4 is 72.2 Å². The number of carbonyl (C=O) groups excluding carboxylic acids is 1. The third-order valence-corrected chi connectivity index (χ3v) is 7.42. The van der Waals surface area contributed by atoms with Gasteiger partial charge in [0, 0.05) is 20.7 Å². The Hall–Kier alpha value is -3.41. The summed E-state index contributed by atoms with van der Waals surface area (Å²) in [6, 6.07) is 15.0. The minimum absolute atomic E-state index is 0.289. The number of carbonyl (C=O) groups is 1. The lowest BCUT2D eigenvalue weighted by atomic mass is 10.2. The summed E-state index contributed by atoms with van der Waals surface area (Å²) in [5.74, 6) is 0.240. The average Bonchev–Trinajstić information content (AvgIpc) is 2.88. The Labute approximate surface area is 232 Å². The third-order valence-electron chi connectivity index (χ3n) is 5.03. The summed E-state index contributed by atoms with van der Waals surface area (Å²) in [7, 11) is 0. The largest absolute Gasteiger partial charge is 0.490 e. The van der Waals surface area contributed by atoms with Crippen LogP contribution in [0.3, 0.4) is 0 Å². The molecular weight excluding hydrogens is 632 g/mol. The van der Waals surface area contributed by atoms with E-state index in [1.54, 1.807) is 61.5 Å². The van der Waals surface area contributed by atoms with Gasteiger partial charge in [0.05, 0.1) is 28.2 Å². The molecule has 0 spiro atoms. The summed E-state index contributed by atoms with van der Waals surface area (Å²) in [5.41, 5.74) is 0.268. The smallest absolute Gasteiger partial charge is 0.349 e. The molecule has 9 nitrogen and oxygen atoms in total. The summed E-state index contributed by atoms with van der Waals surface area (Å²) in [6.07, 6.45) is 1.35. The molecule has 0 atom stereocenters. The first-order valence-electron chi connectivity index (χ1n) is 10.9. The van der Waals surface area contributed by atoms with E-state index >= 15 is 0 Å². The van der Waals surface area contributed by atoms with Crippen LogP contribution in [0.5, 0.6) is 11.5 Å². The van der Waals surface area contributed by atoms with E-state index in [-0.39, 0.29) is 18.3 Å². The van der Waals surface area contributed by atoms with Crippen molar-refractivity contribution in [3.8, 4) is 11.5 Å². The highest BCUT2D eigenvalue weighted by molar-refractivity contribution is 9.13. The average molecular weight is 651 g/mol. The molecule has 1 amide bonds. The van der Waals surface area contributed by atoms with E-state index in [1.165, 1.54) is 6.21 Å². The molecule has 37 heavy (non-hydrogen) atoms. The van der Waals surface area contributed by atoms with Crippen LogP contribution in [0.1, 0.15) is 12.5 Å². The second-order valence-electron chi connectivity index (χ2n) is 7.54. The summed E-state index contributed by atoms with van der Waals surface area (Å²) < 4.78 is 13.2. The number of aromatic nitrogens is 2. The van der Waals surface area contributed by atoms with E-state index in [9.17, 15) is 14.4 Å². The number of rotatable bonds is 8. The predicted molar refractivity (Wildman–Crippen MR) is 150 cm³/mol. The Morgan fingerprint density at radius 1 is 1.11 bits per heavy atom. The normalized spacial score (nSPS) is 11.1. The highest BCUT2D eigenvalue weighted by atomic mass is 79.9. The Balaban J connectivity index is 1.60. The van der Waals surface area contributed by atoms with Crippen molar-refractivity contribution < 1.29 is 14.3 Å². The molecule has 12 heteroatoms. The summed E-state index contributed by atoms with van der Waals surface area (Å²) >= 11 is 12.8. The Kier molecular flexibility index (Phi) is 8.47. The van der Waals surface area contributed by atoms with Crippen LogP contribution in [0.2, 0.25) is 5.02 Å². The lowest BCUT2D eigenvalue weighted by Crippen LogP contribution is -2.32. The van der Waals surface area contributed by atoms with Crippen molar-refractivity contribution in [1.29, 1.82) is 0 Å². The molecule has 0 aliphatic rings. The van der Waals surface area contributed by atoms with Crippen molar-refractivity contribution in [2.24, 2.45) is 5.10 Å². The number of para-hydroxylation sites is 1. The molecule has 0 bridgehead atoms. The molecule has 0 aliphatic carbocycles. The van der Waals surface area contributed by atoms with Gasteiger partial charge in [0.15, 0.2) is 18.1 Å². The second kappa shape index (κ2) is 11.8. The van der Waals surface area contributed by atoms with Gasteiger partial charge in [-0.15, -0.1) is 4.68 Å². The van der Waals surface area contributed by atoms with Gasteiger partial charge in [0.25, 0.3) is 11.5 Å². The fourth-order valence-corrected chi connectivity index (χ4v) is 4.40. The Morgan fingerprint density at radius 3 is 2.57 bits per heavy atom. The number of fused-ring (bicyclic) bond motifs is 1. The number of benzene rings is 3. The van der Waals surface area contributed by atoms with E-state index in [0.29, 0.717) is 48.5 Å². The van der Waals surface area contributed by atoms with Crippen molar-refractivity contribution in [3.63, 3.8) is 0 Å². The predicted octanol–water partition coefficient (Wildman–Crippen LogP) is 5.17. The molecule has 1 heterocycles. The number of hydrogen-bond donors (Lipinski definition) is 2. The number of H-pyrrole nitrogens is 1. The van der Waals surface area contributed by atoms with Gasteiger partial charge < -0.3 is 19.8 Å². The van der Waals surface area contributed by atoms with Gasteiger partial charge in [-0.3, -0.25) is 9.59 Å². The van der Waals surface area contributed by atoms with Crippen LogP contribution < -0.4 is 26.0 Å². The first-order chi connectivity index (χ1) is 17.8. The maximum atomic E-state index is 12.8. The summed E-state index contributed by atoms with van der Waals surface area (Å²) in [6.45, 7) is 1.83. The van der Waals surface area contributed by atoms with Gasteiger partial charge >= 0.3 is 5.69 Å². The molecule has 0 saturated heterocycles. The van der Waals surface area contributed by atoms with Gasteiger partial charge in [0.1, 0.15) is 0 Å². The molecule has 2 N–H and O–H groups in total. The van der Waals surface area contributed by atoms with Gasteiger partial charge in [-0.1, -0.05) is 23.7 Å². The monoisotopic (exact) mass is 648 g/mol. The first kappa shape index (κ1) is 26.6. The minimum Gasteiger partial charge on any atom is -0.490 e. The SMILES string of the molecule is CCOc1cc(C=Nn2c(=O)[nH]c3ccccc3c2=O)c(Br)c(Br)c1OCC(=O)Nc1ccc(Cl)cc1. The maximum absolute atomic E-state index is 12.8. The van der Waals surface area contributed by atoms with Crippen LogP contribution >= 0.6 is 43.5 Å². The summed E-state index contributed by atoms with van der Waals surface area (Å²) in [5, 5.41) is 7.71. The number of halogens is 3. The number of ether oxygens (including phenoxy) is 2. The lowest BCUT2D eigenvalue weighted by Gasteiger charge is -2.16. The number of anilines is 1. The Bertz CT molecular complexity index is 1620. The van der Waals surface area contributed by atoms with Gasteiger partial charge in [0.2, 0.25) is 0 Å². The molecule has 0 saturated carbocycles. The van der Waals surface area contributed by atoms with Crippen LogP contribution in [0.25, 0.3) is 10.9 Å². The van der Waals surface area contributed by atoms with Gasteiger partial charge in [-0.2, -0.15) is 5.10 Å². The second-order valence-corrected chi connectivity index (χ2v) is 9.56. The highest BCUT2D eigenvalue weighted by Crippen LogP contribution is 2.42. The van der Waals surface area contributed by atoms with Crippen molar-refractivity contribution in [2.45, 2.75) is 6.92 Å². The first-order valence-corrected chi connectivity index (χ1v) is 12.9. The fraction of sp³-hybridized carbons (Fsp3) is 0.120. The molecule has 190 valence electrons. The zero-order chi connectivity index (χ0) is 26.5. The van der Waals surface area contributed by atoms with E-state index in [1.807, 2.05) is 0 Å². The van der Waals surface area contributed by atoms with Crippen LogP contribution in [0, 0.1) is 0 Å². The van der Waals surface area contributed by atoms with Crippen LogP contribution in [0.4, 0.5) is 5.69 Å². The van der Waals surface area contributed by atoms with Crippen LogP contribution in [-0.2, 0) is 4.79 Å². The van der Waals surface area contributed by atoms with E-state index < -0.39 is 11.2 Å². The van der Waals surface area contributed by atoms with Crippen molar-refractivity contribution in [3.05, 3.63) is 95.0 Å². The van der Waals surface area contributed by atoms with Gasteiger partial charge in [-0.05, 0) is 81.2 Å². The molecule has 3 aromatic carbocycles. The van der Waals surface area contributed by atoms with E-state index in [0.717, 1.165) is 4.68 Å². The Morgan fingerprint density at radius 2 is 1.84 bits per heavy atom. The number of hydrogen-bond acceptors (Lipinski definition) is 6. The number of aromatic amines is 1. The molecular formula is C25H19Br2ClN4O5. The van der Waals surface area contributed by atoms with Crippen molar-refractivity contribution in [2.75, 3.05) is 18.5 Å². The minimum atomic E-state index is -0.674. The number of nitrogens with one attached hydrogen (secondary N) is 2. The molecule has 0 radical (unpaired) electrons. The standard InChI is InChI=1S/C25H19Br2ClN4O5/c1-2-36-19-11-14(12-29-32-24(34)17-5-3-4-6-18(17)31-25(32)35)21(26)22(27)23(19)37-13-20(33)30-16-9-7-15(28)8-10-16/h3-12H,2,13H2,1H3,(H,30,33)(H,31,35). The van der Waals surface area contributed by atoms with Crippen LogP contribution in [-0.4, -0.2) is 35.0 Å². The van der Waals surface area contributed by atoms with Crippen molar-refractivity contribution in [1.82, 2.24) is 9.66 Å². The molecule has 1 aromatic heterocycles. The highest BCUT2D eigenvalue weighted by Gasteiger charge is 2.18. The van der Waals surface area contributed by atoms with E-state index in [4.69, 9.17) is 21.1 Å². The zero-order valence-electron chi connectivity index (χ0n) is 19.3. The van der Waals surface area contributed by atoms with Gasteiger partial charge in [-0.25, -0.2) is 4.79 Å². The quantitative estimate of drug-likeness (QED) is 0.256. The summed E-state index contributed by atoms with van der Waals surface area (Å²) in [4.78, 5) is 40.2. The fourth-order valence-electron chi connectivity index (χ4n) is 3.34.